The molecule has 0 bridgehead atoms. The molecule has 0 atom stereocenters. The van der Waals surface area contributed by atoms with E-state index in [1.807, 2.05) is 43.3 Å². The second kappa shape index (κ2) is 7.45. The third-order valence-electron chi connectivity index (χ3n) is 3.30. The lowest BCUT2D eigenvalue weighted by atomic mass is 10.2. The molecule has 0 heterocycles. The minimum absolute atomic E-state index is 0.165. The first-order chi connectivity index (χ1) is 10.6. The molecule has 0 spiro atoms. The maximum absolute atomic E-state index is 13.4. The Kier molecular flexibility index (Phi) is 5.36. The highest BCUT2D eigenvalue weighted by Gasteiger charge is 2.04. The first-order valence-corrected chi connectivity index (χ1v) is 7.07. The topological polar surface area (TPSA) is 44.4 Å². The van der Waals surface area contributed by atoms with Crippen LogP contribution in [-0.2, 0) is 13.1 Å². The molecule has 22 heavy (non-hydrogen) atoms. The van der Waals surface area contributed by atoms with E-state index in [1.165, 1.54) is 6.07 Å². The lowest BCUT2D eigenvalue weighted by Crippen LogP contribution is -2.34. The van der Waals surface area contributed by atoms with Crippen LogP contribution in [0.2, 0.25) is 0 Å². The number of amides is 2. The van der Waals surface area contributed by atoms with Gasteiger partial charge >= 0.3 is 6.03 Å². The van der Waals surface area contributed by atoms with Gasteiger partial charge in [-0.3, -0.25) is 0 Å². The number of urea groups is 1. The molecule has 0 aliphatic carbocycles. The molecule has 116 valence electrons. The molecule has 0 saturated heterocycles. The normalized spacial score (nSPS) is 10.1. The molecule has 2 aromatic carbocycles. The number of nitrogens with one attached hydrogen (secondary N) is 2. The van der Waals surface area contributed by atoms with Gasteiger partial charge in [0.15, 0.2) is 0 Å². The van der Waals surface area contributed by atoms with Gasteiger partial charge in [-0.25, -0.2) is 9.18 Å². The summed E-state index contributed by atoms with van der Waals surface area (Å²) in [6, 6.07) is 14.0. The molecular weight excluding hydrogens is 281 g/mol. The Hall–Kier alpha value is -2.56. The highest BCUT2D eigenvalue weighted by molar-refractivity contribution is 5.73. The van der Waals surface area contributed by atoms with E-state index in [4.69, 9.17) is 0 Å². The molecule has 0 fully saturated rings. The molecule has 5 heteroatoms. The number of nitrogens with zero attached hydrogens (tertiary/aromatic N) is 1. The zero-order valence-electron chi connectivity index (χ0n) is 12.8. The number of halogens is 1. The summed E-state index contributed by atoms with van der Waals surface area (Å²) in [7, 11) is 3.95. The van der Waals surface area contributed by atoms with Crippen LogP contribution in [0.1, 0.15) is 11.1 Å². The van der Waals surface area contributed by atoms with Crippen LogP contribution in [0, 0.1) is 5.82 Å². The van der Waals surface area contributed by atoms with Gasteiger partial charge in [-0.1, -0.05) is 30.3 Å². The largest absolute Gasteiger partial charge is 0.378 e. The summed E-state index contributed by atoms with van der Waals surface area (Å²) >= 11 is 0. The Balaban J connectivity index is 1.79. The van der Waals surface area contributed by atoms with Gasteiger partial charge in [0.25, 0.3) is 0 Å². The fourth-order valence-electron chi connectivity index (χ4n) is 1.97. The third-order valence-corrected chi connectivity index (χ3v) is 3.30. The Morgan fingerprint density at radius 1 is 1.00 bits per heavy atom. The second-order valence-electron chi connectivity index (χ2n) is 5.19. The fourth-order valence-corrected chi connectivity index (χ4v) is 1.97. The van der Waals surface area contributed by atoms with E-state index in [0.29, 0.717) is 12.1 Å². The van der Waals surface area contributed by atoms with Crippen molar-refractivity contribution in [3.63, 3.8) is 0 Å². The molecule has 0 aliphatic rings. The van der Waals surface area contributed by atoms with E-state index in [1.54, 1.807) is 18.2 Å². The van der Waals surface area contributed by atoms with Crippen LogP contribution >= 0.6 is 0 Å². The molecule has 0 radical (unpaired) electrons. The van der Waals surface area contributed by atoms with Crippen LogP contribution in [0.3, 0.4) is 0 Å². The molecular formula is C17H20FN3O. The monoisotopic (exact) mass is 301 g/mol. The number of anilines is 1. The van der Waals surface area contributed by atoms with Gasteiger partial charge in [-0.15, -0.1) is 0 Å². The SMILES string of the molecule is CN(C)c1ccc(CNC(=O)NCc2ccccc2F)cc1. The summed E-state index contributed by atoms with van der Waals surface area (Å²) in [5.74, 6) is -0.318. The highest BCUT2D eigenvalue weighted by Crippen LogP contribution is 2.12. The number of rotatable bonds is 5. The Labute approximate surface area is 129 Å². The summed E-state index contributed by atoms with van der Waals surface area (Å²) in [6.45, 7) is 0.592. The van der Waals surface area contributed by atoms with Crippen molar-refractivity contribution in [2.24, 2.45) is 0 Å². The van der Waals surface area contributed by atoms with Crippen molar-refractivity contribution in [3.05, 3.63) is 65.5 Å². The quantitative estimate of drug-likeness (QED) is 0.892. The zero-order valence-corrected chi connectivity index (χ0v) is 12.8. The van der Waals surface area contributed by atoms with E-state index < -0.39 is 0 Å². The average molecular weight is 301 g/mol. The van der Waals surface area contributed by atoms with Gasteiger partial charge in [0.1, 0.15) is 5.82 Å². The van der Waals surface area contributed by atoms with Crippen molar-refractivity contribution >= 4 is 11.7 Å². The van der Waals surface area contributed by atoms with Crippen LogP contribution < -0.4 is 15.5 Å². The molecule has 4 nitrogen and oxygen atoms in total. The van der Waals surface area contributed by atoms with Crippen molar-refractivity contribution in [1.29, 1.82) is 0 Å². The van der Waals surface area contributed by atoms with Crippen molar-refractivity contribution in [3.8, 4) is 0 Å². The minimum Gasteiger partial charge on any atom is -0.378 e. The summed E-state index contributed by atoms with van der Waals surface area (Å²) in [6.07, 6.45) is 0. The standard InChI is InChI=1S/C17H20FN3O/c1-21(2)15-9-7-13(8-10-15)11-19-17(22)20-12-14-5-3-4-6-16(14)18/h3-10H,11-12H2,1-2H3,(H2,19,20,22). The maximum atomic E-state index is 13.4. The van der Waals surface area contributed by atoms with E-state index in [-0.39, 0.29) is 18.4 Å². The van der Waals surface area contributed by atoms with Gasteiger partial charge in [-0.05, 0) is 23.8 Å². The minimum atomic E-state index is -0.320. The van der Waals surface area contributed by atoms with Gasteiger partial charge < -0.3 is 15.5 Å². The smallest absolute Gasteiger partial charge is 0.315 e. The van der Waals surface area contributed by atoms with Gasteiger partial charge in [0, 0.05) is 38.4 Å². The Morgan fingerprint density at radius 2 is 1.64 bits per heavy atom. The van der Waals surface area contributed by atoms with Gasteiger partial charge in [-0.2, -0.15) is 0 Å². The summed E-state index contributed by atoms with van der Waals surface area (Å²) < 4.78 is 13.4. The number of carbonyl (C=O) groups excluding carboxylic acids is 1. The average Bonchev–Trinajstić information content (AvgIpc) is 2.52. The number of hydrogen-bond acceptors (Lipinski definition) is 2. The number of hydrogen-bond donors (Lipinski definition) is 2. The van der Waals surface area contributed by atoms with Crippen LogP contribution in [0.15, 0.2) is 48.5 Å². The molecule has 0 saturated carbocycles. The predicted molar refractivity (Wildman–Crippen MR) is 86.2 cm³/mol. The van der Waals surface area contributed by atoms with Crippen molar-refractivity contribution in [2.75, 3.05) is 19.0 Å². The summed E-state index contributed by atoms with van der Waals surface area (Å²) in [5, 5.41) is 5.39. The number of carbonyl (C=O) groups is 1. The molecule has 0 aromatic heterocycles. The van der Waals surface area contributed by atoms with E-state index in [9.17, 15) is 9.18 Å². The molecule has 0 aliphatic heterocycles. The van der Waals surface area contributed by atoms with Gasteiger partial charge in [0.2, 0.25) is 0 Å². The molecule has 0 unspecified atom stereocenters. The zero-order chi connectivity index (χ0) is 15.9. The molecule has 2 amide bonds. The third kappa shape index (κ3) is 4.48. The van der Waals surface area contributed by atoms with Gasteiger partial charge in [0.05, 0.1) is 0 Å². The van der Waals surface area contributed by atoms with Crippen LogP contribution in [0.5, 0.6) is 0 Å². The van der Waals surface area contributed by atoms with Crippen LogP contribution in [0.25, 0.3) is 0 Å². The first-order valence-electron chi connectivity index (χ1n) is 7.07. The van der Waals surface area contributed by atoms with Crippen LogP contribution in [-0.4, -0.2) is 20.1 Å². The lowest BCUT2D eigenvalue weighted by molar-refractivity contribution is 0.240. The molecule has 2 rings (SSSR count). The first kappa shape index (κ1) is 15.8. The lowest BCUT2D eigenvalue weighted by Gasteiger charge is -2.13. The van der Waals surface area contributed by atoms with Crippen molar-refractivity contribution < 1.29 is 9.18 Å². The fraction of sp³-hybridized carbons (Fsp3) is 0.235. The highest BCUT2D eigenvalue weighted by atomic mass is 19.1. The Bertz CT molecular complexity index is 626. The molecule has 2 aromatic rings. The predicted octanol–water partition coefficient (Wildman–Crippen LogP) is 2.89. The van der Waals surface area contributed by atoms with Crippen molar-refractivity contribution in [2.45, 2.75) is 13.1 Å². The maximum Gasteiger partial charge on any atom is 0.315 e. The Morgan fingerprint density at radius 3 is 2.27 bits per heavy atom. The summed E-state index contributed by atoms with van der Waals surface area (Å²) in [4.78, 5) is 13.7. The van der Waals surface area contributed by atoms with E-state index >= 15 is 0 Å². The summed E-state index contributed by atoms with van der Waals surface area (Å²) in [5.41, 5.74) is 2.58. The number of benzene rings is 2. The molecule has 2 N–H and O–H groups in total. The van der Waals surface area contributed by atoms with E-state index in [2.05, 4.69) is 10.6 Å². The van der Waals surface area contributed by atoms with Crippen molar-refractivity contribution in [1.82, 2.24) is 10.6 Å². The van der Waals surface area contributed by atoms with E-state index in [0.717, 1.165) is 11.3 Å². The van der Waals surface area contributed by atoms with Crippen LogP contribution in [0.4, 0.5) is 14.9 Å². The second-order valence-corrected chi connectivity index (χ2v) is 5.19.